The van der Waals surface area contributed by atoms with Gasteiger partial charge in [0.15, 0.2) is 0 Å². The van der Waals surface area contributed by atoms with Crippen molar-refractivity contribution in [3.05, 3.63) is 10.6 Å². The number of thiophene rings is 1. The number of aromatic nitrogens is 2. The first-order valence-corrected chi connectivity index (χ1v) is 7.83. The second-order valence-corrected chi connectivity index (χ2v) is 6.03. The van der Waals surface area contributed by atoms with Gasteiger partial charge in [0, 0.05) is 20.1 Å². The smallest absolute Gasteiger partial charge is 0.266 e. The largest absolute Gasteiger partial charge is 0.397 e. The first-order chi connectivity index (χ1) is 9.51. The first kappa shape index (κ1) is 14.8. The van der Waals surface area contributed by atoms with Gasteiger partial charge in [-0.1, -0.05) is 13.8 Å². The number of fused-ring (bicyclic) bond motifs is 1. The number of nitrogens with two attached hydrogens (primary N) is 1. The zero-order chi connectivity index (χ0) is 14.9. The summed E-state index contributed by atoms with van der Waals surface area (Å²) in [5.41, 5.74) is 7.66. The fourth-order valence-electron chi connectivity index (χ4n) is 2.49. The van der Waals surface area contributed by atoms with E-state index in [9.17, 15) is 4.79 Å². The average molecular weight is 294 g/mol. The molecule has 2 aromatic rings. The van der Waals surface area contributed by atoms with Crippen LogP contribution < -0.4 is 5.73 Å². The molecule has 2 rings (SSSR count). The molecule has 6 heteroatoms. The summed E-state index contributed by atoms with van der Waals surface area (Å²) < 4.78 is 1.80. The van der Waals surface area contributed by atoms with Crippen LogP contribution in [-0.4, -0.2) is 33.7 Å². The molecular weight excluding hydrogens is 272 g/mol. The van der Waals surface area contributed by atoms with Crippen molar-refractivity contribution in [1.82, 2.24) is 14.7 Å². The van der Waals surface area contributed by atoms with Crippen LogP contribution in [0.5, 0.6) is 0 Å². The number of amides is 1. The molecule has 0 atom stereocenters. The van der Waals surface area contributed by atoms with Crippen LogP contribution in [0.1, 0.15) is 42.1 Å². The minimum Gasteiger partial charge on any atom is -0.397 e. The predicted octanol–water partition coefficient (Wildman–Crippen LogP) is 2.79. The molecule has 0 aliphatic rings. The van der Waals surface area contributed by atoms with E-state index in [2.05, 4.69) is 18.9 Å². The lowest BCUT2D eigenvalue weighted by Gasteiger charge is -2.20. The maximum absolute atomic E-state index is 12.7. The standard InChI is InChI=1S/C14H22N4OS/c1-5-7-18(8-6-2)13(19)12-11(15)10-9(3)16-17(4)14(10)20-12/h5-8,15H2,1-4H3. The molecule has 0 bridgehead atoms. The van der Waals surface area contributed by atoms with Gasteiger partial charge in [-0.15, -0.1) is 11.3 Å². The quantitative estimate of drug-likeness (QED) is 0.922. The molecule has 110 valence electrons. The summed E-state index contributed by atoms with van der Waals surface area (Å²) in [6.07, 6.45) is 1.91. The van der Waals surface area contributed by atoms with Crippen LogP contribution in [0.3, 0.4) is 0 Å². The Bertz CT molecular complexity index is 623. The van der Waals surface area contributed by atoms with Crippen molar-refractivity contribution in [1.29, 1.82) is 0 Å². The van der Waals surface area contributed by atoms with Crippen LogP contribution in [0, 0.1) is 6.92 Å². The maximum Gasteiger partial charge on any atom is 0.266 e. The Morgan fingerprint density at radius 3 is 2.45 bits per heavy atom. The van der Waals surface area contributed by atoms with Gasteiger partial charge >= 0.3 is 0 Å². The van der Waals surface area contributed by atoms with Crippen LogP contribution in [0.4, 0.5) is 5.69 Å². The highest BCUT2D eigenvalue weighted by atomic mass is 32.1. The van der Waals surface area contributed by atoms with E-state index in [-0.39, 0.29) is 5.91 Å². The molecule has 2 N–H and O–H groups in total. The van der Waals surface area contributed by atoms with E-state index >= 15 is 0 Å². The molecule has 5 nitrogen and oxygen atoms in total. The molecule has 0 aliphatic carbocycles. The Balaban J connectivity index is 2.43. The van der Waals surface area contributed by atoms with E-state index < -0.39 is 0 Å². The zero-order valence-corrected chi connectivity index (χ0v) is 13.4. The van der Waals surface area contributed by atoms with E-state index in [1.54, 1.807) is 4.68 Å². The van der Waals surface area contributed by atoms with E-state index in [1.807, 2.05) is 18.9 Å². The number of carbonyl (C=O) groups excluding carboxylic acids is 1. The Hall–Kier alpha value is -1.56. The summed E-state index contributed by atoms with van der Waals surface area (Å²) >= 11 is 1.44. The molecule has 0 saturated heterocycles. The number of aryl methyl sites for hydroxylation is 2. The number of hydrogen-bond acceptors (Lipinski definition) is 4. The van der Waals surface area contributed by atoms with Gasteiger partial charge in [-0.05, 0) is 19.8 Å². The van der Waals surface area contributed by atoms with Gasteiger partial charge in [-0.25, -0.2) is 0 Å². The average Bonchev–Trinajstić information content (AvgIpc) is 2.88. The normalized spacial score (nSPS) is 11.2. The van der Waals surface area contributed by atoms with Crippen molar-refractivity contribution >= 4 is 33.1 Å². The molecule has 0 spiro atoms. The Morgan fingerprint density at radius 1 is 1.35 bits per heavy atom. The Kier molecular flexibility index (Phi) is 4.32. The van der Waals surface area contributed by atoms with Gasteiger partial charge < -0.3 is 10.6 Å². The molecule has 0 aliphatic heterocycles. The molecule has 2 aromatic heterocycles. The Morgan fingerprint density at radius 2 is 1.95 bits per heavy atom. The minimum absolute atomic E-state index is 0.0480. The van der Waals surface area contributed by atoms with Crippen molar-refractivity contribution in [2.75, 3.05) is 18.8 Å². The highest BCUT2D eigenvalue weighted by Gasteiger charge is 2.24. The highest BCUT2D eigenvalue weighted by molar-refractivity contribution is 7.21. The van der Waals surface area contributed by atoms with E-state index in [4.69, 9.17) is 5.73 Å². The maximum atomic E-state index is 12.7. The number of nitrogens with zero attached hydrogens (tertiary/aromatic N) is 3. The van der Waals surface area contributed by atoms with E-state index in [1.165, 1.54) is 11.3 Å². The SMILES string of the molecule is CCCN(CCC)C(=O)c1sc2c(c(C)nn2C)c1N. The van der Waals surface area contributed by atoms with Crippen molar-refractivity contribution in [2.24, 2.45) is 7.05 Å². The first-order valence-electron chi connectivity index (χ1n) is 7.02. The van der Waals surface area contributed by atoms with E-state index in [0.29, 0.717) is 10.6 Å². The minimum atomic E-state index is 0.0480. The third-order valence-electron chi connectivity index (χ3n) is 3.35. The zero-order valence-electron chi connectivity index (χ0n) is 12.6. The molecule has 0 unspecified atom stereocenters. The lowest BCUT2D eigenvalue weighted by Crippen LogP contribution is -2.32. The second kappa shape index (κ2) is 5.83. The van der Waals surface area contributed by atoms with Crippen molar-refractivity contribution in [3.63, 3.8) is 0 Å². The van der Waals surface area contributed by atoms with Gasteiger partial charge in [-0.3, -0.25) is 9.48 Å². The van der Waals surface area contributed by atoms with Crippen LogP contribution in [0.2, 0.25) is 0 Å². The topological polar surface area (TPSA) is 64.2 Å². The molecule has 0 saturated carbocycles. The second-order valence-electron chi connectivity index (χ2n) is 5.03. The Labute approximate surface area is 123 Å². The third kappa shape index (κ3) is 2.40. The lowest BCUT2D eigenvalue weighted by molar-refractivity contribution is 0.0761. The summed E-state index contributed by atoms with van der Waals surface area (Å²) in [7, 11) is 1.88. The van der Waals surface area contributed by atoms with Crippen LogP contribution in [-0.2, 0) is 7.05 Å². The molecule has 0 fully saturated rings. The number of carbonyl (C=O) groups is 1. The van der Waals surface area contributed by atoms with Crippen molar-refractivity contribution < 1.29 is 4.79 Å². The molecule has 20 heavy (non-hydrogen) atoms. The fraction of sp³-hybridized carbons (Fsp3) is 0.571. The number of rotatable bonds is 5. The fourth-order valence-corrected chi connectivity index (χ4v) is 3.64. The van der Waals surface area contributed by atoms with Crippen molar-refractivity contribution in [2.45, 2.75) is 33.6 Å². The summed E-state index contributed by atoms with van der Waals surface area (Å²) in [5.74, 6) is 0.0480. The predicted molar refractivity (Wildman–Crippen MR) is 84.2 cm³/mol. The number of hydrogen-bond donors (Lipinski definition) is 1. The summed E-state index contributed by atoms with van der Waals surface area (Å²) in [5, 5.41) is 5.28. The molecule has 0 radical (unpaired) electrons. The van der Waals surface area contributed by atoms with Gasteiger partial charge in [0.25, 0.3) is 5.91 Å². The lowest BCUT2D eigenvalue weighted by atomic mass is 10.2. The van der Waals surface area contributed by atoms with Gasteiger partial charge in [-0.2, -0.15) is 5.10 Å². The number of anilines is 1. The van der Waals surface area contributed by atoms with Crippen LogP contribution >= 0.6 is 11.3 Å². The van der Waals surface area contributed by atoms with Gasteiger partial charge in [0.05, 0.1) is 16.8 Å². The van der Waals surface area contributed by atoms with Gasteiger partial charge in [0.2, 0.25) is 0 Å². The molecule has 2 heterocycles. The third-order valence-corrected chi connectivity index (χ3v) is 4.61. The molecule has 0 aromatic carbocycles. The molecular formula is C14H22N4OS. The summed E-state index contributed by atoms with van der Waals surface area (Å²) in [6.45, 7) is 7.64. The number of nitrogen functional groups attached to an aromatic ring is 1. The summed E-state index contributed by atoms with van der Waals surface area (Å²) in [4.78, 5) is 16.2. The molecule has 1 amide bonds. The monoisotopic (exact) mass is 294 g/mol. The highest BCUT2D eigenvalue weighted by Crippen LogP contribution is 2.36. The summed E-state index contributed by atoms with van der Waals surface area (Å²) in [6, 6.07) is 0. The van der Waals surface area contributed by atoms with Crippen LogP contribution in [0.15, 0.2) is 0 Å². The van der Waals surface area contributed by atoms with Crippen molar-refractivity contribution in [3.8, 4) is 0 Å². The van der Waals surface area contributed by atoms with Gasteiger partial charge in [0.1, 0.15) is 9.71 Å². The van der Waals surface area contributed by atoms with E-state index in [0.717, 1.165) is 41.8 Å². The van der Waals surface area contributed by atoms with Crippen LogP contribution in [0.25, 0.3) is 10.2 Å².